The van der Waals surface area contributed by atoms with Crippen molar-refractivity contribution in [3.8, 4) is 5.75 Å². The van der Waals surface area contributed by atoms with Gasteiger partial charge in [-0.05, 0) is 37.9 Å². The molecule has 1 heterocycles. The highest BCUT2D eigenvalue weighted by atomic mass is 32.1. The number of likely N-dealkylation sites (N-methyl/N-ethyl adjacent to an activating group) is 1. The fourth-order valence-electron chi connectivity index (χ4n) is 1.92. The SMILES string of the molecule is CCN(C)CCn1c(=S)[nH]c2cc(OC)ccc21. The van der Waals surface area contributed by atoms with E-state index in [0.29, 0.717) is 0 Å². The molecule has 0 spiro atoms. The van der Waals surface area contributed by atoms with Gasteiger partial charge in [-0.3, -0.25) is 0 Å². The number of imidazole rings is 1. The van der Waals surface area contributed by atoms with E-state index in [1.165, 1.54) is 0 Å². The Bertz CT molecular complexity index is 587. The van der Waals surface area contributed by atoms with Crippen LogP contribution in [0, 0.1) is 4.77 Å². The number of methoxy groups -OCH3 is 1. The topological polar surface area (TPSA) is 33.2 Å². The summed E-state index contributed by atoms with van der Waals surface area (Å²) in [7, 11) is 3.78. The zero-order valence-electron chi connectivity index (χ0n) is 11.1. The minimum atomic E-state index is 0.766. The fourth-order valence-corrected chi connectivity index (χ4v) is 2.22. The first kappa shape index (κ1) is 13.1. The van der Waals surface area contributed by atoms with E-state index in [9.17, 15) is 0 Å². The second-order valence-electron chi connectivity index (χ2n) is 4.36. The number of benzene rings is 1. The van der Waals surface area contributed by atoms with Crippen LogP contribution in [-0.4, -0.2) is 41.7 Å². The summed E-state index contributed by atoms with van der Waals surface area (Å²) in [6.07, 6.45) is 0. The molecule has 0 aliphatic rings. The van der Waals surface area contributed by atoms with Crippen molar-refractivity contribution in [2.24, 2.45) is 0 Å². The molecule has 0 aliphatic heterocycles. The molecule has 0 radical (unpaired) electrons. The molecule has 0 saturated carbocycles. The maximum absolute atomic E-state index is 5.37. The molecule has 2 aromatic rings. The van der Waals surface area contributed by atoms with Crippen LogP contribution in [0.15, 0.2) is 18.2 Å². The molecule has 0 saturated heterocycles. The van der Waals surface area contributed by atoms with Gasteiger partial charge in [-0.1, -0.05) is 6.92 Å². The van der Waals surface area contributed by atoms with Crippen LogP contribution in [0.3, 0.4) is 0 Å². The Morgan fingerprint density at radius 2 is 2.22 bits per heavy atom. The van der Waals surface area contributed by atoms with Crippen LogP contribution in [0.5, 0.6) is 5.75 Å². The standard InChI is InChI=1S/C13H19N3OS/c1-4-15(2)7-8-16-12-6-5-10(17-3)9-11(12)14-13(16)18/h5-6,9H,4,7-8H2,1-3H3,(H,14,18). The third-order valence-corrected chi connectivity index (χ3v) is 3.55. The van der Waals surface area contributed by atoms with Crippen molar-refractivity contribution in [1.29, 1.82) is 0 Å². The molecule has 0 amide bonds. The van der Waals surface area contributed by atoms with Gasteiger partial charge in [0.15, 0.2) is 4.77 Å². The zero-order valence-corrected chi connectivity index (χ0v) is 11.9. The third-order valence-electron chi connectivity index (χ3n) is 3.23. The highest BCUT2D eigenvalue weighted by Crippen LogP contribution is 2.20. The van der Waals surface area contributed by atoms with E-state index in [4.69, 9.17) is 17.0 Å². The van der Waals surface area contributed by atoms with Crippen molar-refractivity contribution in [1.82, 2.24) is 14.5 Å². The van der Waals surface area contributed by atoms with E-state index in [1.54, 1.807) is 7.11 Å². The number of H-pyrrole nitrogens is 1. The van der Waals surface area contributed by atoms with Gasteiger partial charge >= 0.3 is 0 Å². The van der Waals surface area contributed by atoms with Gasteiger partial charge in [-0.25, -0.2) is 0 Å². The molecule has 1 N–H and O–H groups in total. The van der Waals surface area contributed by atoms with E-state index in [1.807, 2.05) is 18.2 Å². The number of hydrogen-bond acceptors (Lipinski definition) is 3. The molecule has 18 heavy (non-hydrogen) atoms. The van der Waals surface area contributed by atoms with Crippen LogP contribution in [-0.2, 0) is 6.54 Å². The van der Waals surface area contributed by atoms with Crippen LogP contribution in [0.1, 0.15) is 6.92 Å². The molecule has 4 nitrogen and oxygen atoms in total. The van der Waals surface area contributed by atoms with Crippen LogP contribution in [0.4, 0.5) is 0 Å². The summed E-state index contributed by atoms with van der Waals surface area (Å²) in [6, 6.07) is 5.99. The Morgan fingerprint density at radius 3 is 2.89 bits per heavy atom. The van der Waals surface area contributed by atoms with Crippen LogP contribution >= 0.6 is 12.2 Å². The average Bonchev–Trinajstić information content (AvgIpc) is 2.70. The smallest absolute Gasteiger partial charge is 0.178 e. The molecule has 0 unspecified atom stereocenters. The summed E-state index contributed by atoms with van der Waals surface area (Å²) < 4.78 is 8.12. The molecular weight excluding hydrogens is 246 g/mol. The van der Waals surface area contributed by atoms with E-state index in [-0.39, 0.29) is 0 Å². The Balaban J connectivity index is 2.33. The second-order valence-corrected chi connectivity index (χ2v) is 4.75. The summed E-state index contributed by atoms with van der Waals surface area (Å²) in [4.78, 5) is 5.49. The van der Waals surface area contributed by atoms with Crippen LogP contribution in [0.2, 0.25) is 0 Å². The lowest BCUT2D eigenvalue weighted by atomic mass is 10.3. The number of nitrogens with zero attached hydrogens (tertiary/aromatic N) is 2. The molecule has 0 fully saturated rings. The van der Waals surface area contributed by atoms with Crippen molar-refractivity contribution < 1.29 is 4.74 Å². The largest absolute Gasteiger partial charge is 0.497 e. The third kappa shape index (κ3) is 2.57. The molecule has 0 aliphatic carbocycles. The highest BCUT2D eigenvalue weighted by Gasteiger charge is 2.06. The molecule has 1 aromatic heterocycles. The number of fused-ring (bicyclic) bond motifs is 1. The van der Waals surface area contributed by atoms with Gasteiger partial charge in [-0.15, -0.1) is 0 Å². The van der Waals surface area contributed by atoms with E-state index in [2.05, 4.69) is 28.4 Å². The van der Waals surface area contributed by atoms with Gasteiger partial charge in [0.05, 0.1) is 18.1 Å². The molecule has 98 valence electrons. The average molecular weight is 265 g/mol. The van der Waals surface area contributed by atoms with Gasteiger partial charge in [0.25, 0.3) is 0 Å². The van der Waals surface area contributed by atoms with Crippen molar-refractivity contribution >= 4 is 23.3 Å². The number of aromatic nitrogens is 2. The maximum atomic E-state index is 5.37. The van der Waals surface area contributed by atoms with Crippen LogP contribution in [0.25, 0.3) is 11.0 Å². The summed E-state index contributed by atoms with van der Waals surface area (Å²) in [5, 5.41) is 0. The molecule has 5 heteroatoms. The first-order valence-corrected chi connectivity index (χ1v) is 6.51. The zero-order chi connectivity index (χ0) is 13.1. The van der Waals surface area contributed by atoms with Gasteiger partial charge in [0, 0.05) is 19.2 Å². The Morgan fingerprint density at radius 1 is 1.44 bits per heavy atom. The van der Waals surface area contributed by atoms with Gasteiger partial charge in [0.2, 0.25) is 0 Å². The first-order chi connectivity index (χ1) is 8.65. The lowest BCUT2D eigenvalue weighted by molar-refractivity contribution is 0.336. The Labute approximate surface area is 112 Å². The lowest BCUT2D eigenvalue weighted by Gasteiger charge is -2.14. The van der Waals surface area contributed by atoms with E-state index in [0.717, 1.165) is 41.2 Å². The highest BCUT2D eigenvalue weighted by molar-refractivity contribution is 7.71. The van der Waals surface area contributed by atoms with Crippen molar-refractivity contribution in [3.05, 3.63) is 23.0 Å². The van der Waals surface area contributed by atoms with Gasteiger partial charge in [0.1, 0.15) is 5.75 Å². The number of nitrogens with one attached hydrogen (secondary N) is 1. The number of aromatic amines is 1. The molecule has 0 atom stereocenters. The maximum Gasteiger partial charge on any atom is 0.178 e. The summed E-state index contributed by atoms with van der Waals surface area (Å²) >= 11 is 5.37. The Hall–Kier alpha value is -1.33. The quantitative estimate of drug-likeness (QED) is 0.844. The van der Waals surface area contributed by atoms with E-state index < -0.39 is 0 Å². The first-order valence-electron chi connectivity index (χ1n) is 6.10. The number of rotatable bonds is 5. The van der Waals surface area contributed by atoms with Crippen molar-refractivity contribution in [3.63, 3.8) is 0 Å². The van der Waals surface area contributed by atoms with E-state index >= 15 is 0 Å². The minimum Gasteiger partial charge on any atom is -0.497 e. The lowest BCUT2D eigenvalue weighted by Crippen LogP contribution is -2.22. The molecular formula is C13H19N3OS. The predicted octanol–water partition coefficient (Wildman–Crippen LogP) is 2.66. The fraction of sp³-hybridized carbons (Fsp3) is 0.462. The number of hydrogen-bond donors (Lipinski definition) is 1. The summed E-state index contributed by atoms with van der Waals surface area (Å²) in [5.74, 6) is 0.844. The Kier molecular flexibility index (Phi) is 4.04. The van der Waals surface area contributed by atoms with Gasteiger partial charge in [-0.2, -0.15) is 0 Å². The number of ether oxygens (including phenoxy) is 1. The van der Waals surface area contributed by atoms with Crippen molar-refractivity contribution in [2.45, 2.75) is 13.5 Å². The second kappa shape index (κ2) is 5.54. The molecule has 1 aromatic carbocycles. The monoisotopic (exact) mass is 265 g/mol. The van der Waals surface area contributed by atoms with Gasteiger partial charge < -0.3 is 19.2 Å². The van der Waals surface area contributed by atoms with Crippen LogP contribution < -0.4 is 4.74 Å². The molecule has 2 rings (SSSR count). The summed E-state index contributed by atoms with van der Waals surface area (Å²) in [6.45, 7) is 5.09. The predicted molar refractivity (Wildman–Crippen MR) is 76.8 cm³/mol. The summed E-state index contributed by atoms with van der Waals surface area (Å²) in [5.41, 5.74) is 2.16. The normalized spacial score (nSPS) is 11.3. The molecule has 0 bridgehead atoms. The van der Waals surface area contributed by atoms with Crippen molar-refractivity contribution in [2.75, 3.05) is 27.2 Å². The minimum absolute atomic E-state index is 0.766.